The Morgan fingerprint density at radius 1 is 0.971 bits per heavy atom. The van der Waals surface area contributed by atoms with E-state index in [1.807, 2.05) is 18.2 Å². The molecule has 2 fully saturated rings. The fourth-order valence-electron chi connectivity index (χ4n) is 4.48. The Morgan fingerprint density at radius 2 is 1.62 bits per heavy atom. The highest BCUT2D eigenvalue weighted by Gasteiger charge is 2.33. The monoisotopic (exact) mass is 541 g/mol. The van der Waals surface area contributed by atoms with Crippen LogP contribution in [0, 0.1) is 5.92 Å². The molecule has 0 saturated heterocycles. The van der Waals surface area contributed by atoms with Gasteiger partial charge in [0.15, 0.2) is 11.5 Å². The molecule has 2 aliphatic rings. The van der Waals surface area contributed by atoms with Crippen molar-refractivity contribution in [2.24, 2.45) is 11.7 Å². The molecular formula is C25H27Cl4N3O2. The Morgan fingerprint density at radius 3 is 2.24 bits per heavy atom. The molecule has 2 saturated carbocycles. The van der Waals surface area contributed by atoms with Crippen LogP contribution in [0.4, 0.5) is 5.69 Å². The summed E-state index contributed by atoms with van der Waals surface area (Å²) in [5.41, 5.74) is 10.1. The Balaban J connectivity index is 0.00000162. The molecule has 0 bridgehead atoms. The molecule has 5 nitrogen and oxygen atoms in total. The second kappa shape index (κ2) is 10.9. The summed E-state index contributed by atoms with van der Waals surface area (Å²) in [6.07, 6.45) is 7.51. The molecule has 5 rings (SSSR count). The van der Waals surface area contributed by atoms with Gasteiger partial charge in [-0.15, -0.1) is 24.8 Å². The first kappa shape index (κ1) is 26.8. The zero-order chi connectivity index (χ0) is 22.4. The van der Waals surface area contributed by atoms with Crippen molar-refractivity contribution in [1.82, 2.24) is 4.98 Å². The Labute approximate surface area is 221 Å². The van der Waals surface area contributed by atoms with Crippen molar-refractivity contribution < 1.29 is 9.90 Å². The molecule has 2 aromatic carbocycles. The number of aromatic hydroxyl groups is 1. The largest absolute Gasteiger partial charge is 0.505 e. The van der Waals surface area contributed by atoms with Gasteiger partial charge in [0.05, 0.1) is 26.8 Å². The van der Waals surface area contributed by atoms with Crippen LogP contribution in [-0.2, 0) is 0 Å². The molecular weight excluding hydrogens is 516 g/mol. The van der Waals surface area contributed by atoms with E-state index in [9.17, 15) is 9.90 Å². The Kier molecular flexibility index (Phi) is 8.59. The van der Waals surface area contributed by atoms with Gasteiger partial charge < -0.3 is 16.2 Å². The summed E-state index contributed by atoms with van der Waals surface area (Å²) in [4.78, 5) is 17.7. The van der Waals surface area contributed by atoms with E-state index in [0.717, 1.165) is 66.2 Å². The maximum Gasteiger partial charge on any atom is 0.169 e. The summed E-state index contributed by atoms with van der Waals surface area (Å²) in [5, 5.41) is 14.9. The summed E-state index contributed by atoms with van der Waals surface area (Å²) in [6.45, 7) is 0. The zero-order valence-corrected chi connectivity index (χ0v) is 21.5. The molecule has 0 spiro atoms. The normalized spacial score (nSPS) is 19.7. The van der Waals surface area contributed by atoms with Crippen LogP contribution in [0.2, 0.25) is 10.0 Å². The minimum Gasteiger partial charge on any atom is -0.505 e. The molecule has 0 unspecified atom stereocenters. The smallest absolute Gasteiger partial charge is 0.169 e. The van der Waals surface area contributed by atoms with E-state index in [1.54, 1.807) is 18.3 Å². The summed E-state index contributed by atoms with van der Waals surface area (Å²) >= 11 is 12.3. The van der Waals surface area contributed by atoms with Crippen LogP contribution in [-0.4, -0.2) is 28.0 Å². The molecule has 1 aromatic heterocycles. The topological polar surface area (TPSA) is 88.2 Å². The lowest BCUT2D eigenvalue weighted by Crippen LogP contribution is -2.33. The molecule has 3 aromatic rings. The lowest BCUT2D eigenvalue weighted by Gasteiger charge is -2.29. The molecule has 9 heteroatoms. The van der Waals surface area contributed by atoms with Gasteiger partial charge in [-0.25, -0.2) is 0 Å². The molecule has 2 aliphatic carbocycles. The summed E-state index contributed by atoms with van der Waals surface area (Å²) in [5.74, 6) is 0.137. The third kappa shape index (κ3) is 5.39. The number of phenols is 1. The SMILES string of the molecule is Cl.Cl.NC1CCC(Nc2c(C(=O)C3CC3)cnc3ccc(-c4cc(Cl)c(O)c(Cl)c4)cc23)CC1. The molecule has 0 atom stereocenters. The first-order valence-corrected chi connectivity index (χ1v) is 11.8. The number of anilines is 1. The van der Waals surface area contributed by atoms with Crippen molar-refractivity contribution >= 4 is 70.4 Å². The van der Waals surface area contributed by atoms with Crippen LogP contribution in [0.3, 0.4) is 0 Å². The van der Waals surface area contributed by atoms with Crippen molar-refractivity contribution in [1.29, 1.82) is 0 Å². The van der Waals surface area contributed by atoms with Crippen molar-refractivity contribution in [2.75, 3.05) is 5.32 Å². The molecule has 0 radical (unpaired) electrons. The van der Waals surface area contributed by atoms with E-state index in [0.29, 0.717) is 5.56 Å². The number of nitrogens with two attached hydrogens (primary N) is 1. The summed E-state index contributed by atoms with van der Waals surface area (Å²) in [7, 11) is 0. The number of carbonyl (C=O) groups is 1. The van der Waals surface area contributed by atoms with E-state index in [4.69, 9.17) is 28.9 Å². The van der Waals surface area contributed by atoms with Gasteiger partial charge in [-0.3, -0.25) is 9.78 Å². The van der Waals surface area contributed by atoms with Gasteiger partial charge in [0.25, 0.3) is 0 Å². The van der Waals surface area contributed by atoms with Crippen molar-refractivity contribution in [3.63, 3.8) is 0 Å². The number of pyridine rings is 1. The molecule has 182 valence electrons. The number of fused-ring (bicyclic) bond motifs is 1. The minimum atomic E-state index is -0.130. The fraction of sp³-hybridized carbons (Fsp3) is 0.360. The van der Waals surface area contributed by atoms with Crippen LogP contribution in [0.15, 0.2) is 36.5 Å². The van der Waals surface area contributed by atoms with Gasteiger partial charge in [0, 0.05) is 29.6 Å². The van der Waals surface area contributed by atoms with Crippen molar-refractivity contribution in [3.05, 3.63) is 52.1 Å². The van der Waals surface area contributed by atoms with E-state index in [-0.39, 0.29) is 64.4 Å². The Hall–Kier alpha value is -1.76. The highest BCUT2D eigenvalue weighted by atomic mass is 35.5. The van der Waals surface area contributed by atoms with Gasteiger partial charge in [-0.1, -0.05) is 29.3 Å². The fourth-order valence-corrected chi connectivity index (χ4v) is 4.97. The number of Topliss-reactive ketones (excluding diaryl/α,β-unsaturated/α-hetero) is 1. The number of phenolic OH excluding ortho intramolecular Hbond substituents is 1. The third-order valence-electron chi connectivity index (χ3n) is 6.55. The van der Waals surface area contributed by atoms with Crippen LogP contribution in [0.1, 0.15) is 48.9 Å². The number of nitrogens with one attached hydrogen (secondary N) is 1. The number of hydrogen-bond acceptors (Lipinski definition) is 5. The molecule has 0 aliphatic heterocycles. The summed E-state index contributed by atoms with van der Waals surface area (Å²) in [6, 6.07) is 9.80. The van der Waals surface area contributed by atoms with Gasteiger partial charge in [-0.05, 0) is 73.9 Å². The van der Waals surface area contributed by atoms with Gasteiger partial charge in [-0.2, -0.15) is 0 Å². The molecule has 1 heterocycles. The molecule has 34 heavy (non-hydrogen) atoms. The minimum absolute atomic E-state index is 0. The quantitative estimate of drug-likeness (QED) is 0.301. The lowest BCUT2D eigenvalue weighted by atomic mass is 9.91. The van der Waals surface area contributed by atoms with Gasteiger partial charge in [0.2, 0.25) is 0 Å². The number of halogens is 4. The maximum absolute atomic E-state index is 13.1. The number of hydrogen-bond donors (Lipinski definition) is 3. The van der Waals surface area contributed by atoms with Crippen LogP contribution >= 0.6 is 48.0 Å². The van der Waals surface area contributed by atoms with Crippen LogP contribution < -0.4 is 11.1 Å². The first-order valence-electron chi connectivity index (χ1n) is 11.1. The molecule has 4 N–H and O–H groups in total. The Bertz CT molecular complexity index is 1190. The average molecular weight is 543 g/mol. The number of carbonyl (C=O) groups excluding carboxylic acids is 1. The van der Waals surface area contributed by atoms with Crippen LogP contribution in [0.25, 0.3) is 22.0 Å². The van der Waals surface area contributed by atoms with Gasteiger partial charge >= 0.3 is 0 Å². The number of benzene rings is 2. The zero-order valence-electron chi connectivity index (χ0n) is 18.4. The van der Waals surface area contributed by atoms with Crippen molar-refractivity contribution in [2.45, 2.75) is 50.6 Å². The highest BCUT2D eigenvalue weighted by Crippen LogP contribution is 2.40. The maximum atomic E-state index is 13.1. The lowest BCUT2D eigenvalue weighted by molar-refractivity contribution is 0.0968. The van der Waals surface area contributed by atoms with E-state index in [2.05, 4.69) is 10.3 Å². The number of rotatable bonds is 5. The van der Waals surface area contributed by atoms with Gasteiger partial charge in [0.1, 0.15) is 0 Å². The predicted octanol–water partition coefficient (Wildman–Crippen LogP) is 7.03. The first-order chi connectivity index (χ1) is 15.4. The highest BCUT2D eigenvalue weighted by molar-refractivity contribution is 6.37. The molecule has 0 amide bonds. The van der Waals surface area contributed by atoms with E-state index >= 15 is 0 Å². The standard InChI is InChI=1S/C25H25Cl2N3O2.2ClH/c26-20-10-15(11-21(27)25(20)32)14-3-8-22-18(9-14)23(30-17-6-4-16(28)5-7-17)19(12-29-22)24(31)13-1-2-13;;/h3,8-13,16-17,32H,1-2,4-7,28H2,(H,29,30);2*1H. The second-order valence-corrected chi connectivity index (χ2v) is 9.78. The van der Waals surface area contributed by atoms with Crippen LogP contribution in [0.5, 0.6) is 5.75 Å². The van der Waals surface area contributed by atoms with Crippen molar-refractivity contribution in [3.8, 4) is 16.9 Å². The number of nitrogens with zero attached hydrogens (tertiary/aromatic N) is 1. The summed E-state index contributed by atoms with van der Waals surface area (Å²) < 4.78 is 0. The predicted molar refractivity (Wildman–Crippen MR) is 144 cm³/mol. The van der Waals surface area contributed by atoms with E-state index in [1.165, 1.54) is 0 Å². The third-order valence-corrected chi connectivity index (χ3v) is 7.13. The average Bonchev–Trinajstić information content (AvgIpc) is 3.63. The number of aromatic nitrogens is 1. The number of ketones is 1. The second-order valence-electron chi connectivity index (χ2n) is 8.96. The van der Waals surface area contributed by atoms with E-state index < -0.39 is 0 Å².